The SMILES string of the molecule is CSc1cc2c(cc1CN1CCNCC1c1cccnc1)OCCO2. The number of aromatic nitrogens is 1. The Morgan fingerprint density at radius 3 is 2.88 bits per heavy atom. The summed E-state index contributed by atoms with van der Waals surface area (Å²) >= 11 is 1.76. The number of thioether (sulfide) groups is 1. The van der Waals surface area contributed by atoms with Gasteiger partial charge in [0.15, 0.2) is 11.5 Å². The minimum Gasteiger partial charge on any atom is -0.486 e. The first-order chi connectivity index (χ1) is 12.3. The normalized spacial score (nSPS) is 20.4. The van der Waals surface area contributed by atoms with Crippen LogP contribution in [0, 0.1) is 0 Å². The number of benzene rings is 1. The average Bonchev–Trinajstić information content (AvgIpc) is 2.68. The number of fused-ring (bicyclic) bond motifs is 1. The Balaban J connectivity index is 1.61. The van der Waals surface area contributed by atoms with E-state index in [4.69, 9.17) is 9.47 Å². The van der Waals surface area contributed by atoms with Crippen LogP contribution in [0.3, 0.4) is 0 Å². The van der Waals surface area contributed by atoms with Crippen molar-refractivity contribution in [3.63, 3.8) is 0 Å². The molecular weight excluding hydrogens is 334 g/mol. The van der Waals surface area contributed by atoms with Crippen LogP contribution in [-0.4, -0.2) is 49.0 Å². The van der Waals surface area contributed by atoms with Gasteiger partial charge < -0.3 is 14.8 Å². The fourth-order valence-corrected chi connectivity index (χ4v) is 4.09. The summed E-state index contributed by atoms with van der Waals surface area (Å²) in [6, 6.07) is 8.79. The van der Waals surface area contributed by atoms with Crippen molar-refractivity contribution >= 4 is 11.8 Å². The molecule has 0 radical (unpaired) electrons. The molecule has 1 aromatic carbocycles. The molecule has 2 aromatic rings. The van der Waals surface area contributed by atoms with Crippen LogP contribution in [0.4, 0.5) is 0 Å². The van der Waals surface area contributed by atoms with Crippen LogP contribution in [0.1, 0.15) is 17.2 Å². The molecule has 0 spiro atoms. The van der Waals surface area contributed by atoms with Crippen molar-refractivity contribution in [2.45, 2.75) is 17.5 Å². The predicted octanol–water partition coefficient (Wildman–Crippen LogP) is 2.72. The van der Waals surface area contributed by atoms with Crippen molar-refractivity contribution in [3.05, 3.63) is 47.8 Å². The van der Waals surface area contributed by atoms with E-state index in [1.165, 1.54) is 16.0 Å². The molecule has 1 fully saturated rings. The molecule has 0 bridgehead atoms. The summed E-state index contributed by atoms with van der Waals surface area (Å²) in [5.41, 5.74) is 2.56. The first-order valence-electron chi connectivity index (χ1n) is 8.66. The molecule has 1 atom stereocenters. The Labute approximate surface area is 152 Å². The highest BCUT2D eigenvalue weighted by atomic mass is 32.2. The smallest absolute Gasteiger partial charge is 0.162 e. The van der Waals surface area contributed by atoms with Crippen molar-refractivity contribution in [2.24, 2.45) is 0 Å². The molecule has 1 unspecified atom stereocenters. The van der Waals surface area contributed by atoms with Crippen LogP contribution in [0.2, 0.25) is 0 Å². The van der Waals surface area contributed by atoms with Gasteiger partial charge in [0.25, 0.3) is 0 Å². The number of hydrogen-bond acceptors (Lipinski definition) is 6. The average molecular weight is 357 g/mol. The summed E-state index contributed by atoms with van der Waals surface area (Å²) < 4.78 is 11.5. The van der Waals surface area contributed by atoms with E-state index < -0.39 is 0 Å². The van der Waals surface area contributed by atoms with Crippen LogP contribution in [0.15, 0.2) is 41.6 Å². The third kappa shape index (κ3) is 3.61. The van der Waals surface area contributed by atoms with Gasteiger partial charge in [0.05, 0.1) is 0 Å². The fourth-order valence-electron chi connectivity index (χ4n) is 3.48. The summed E-state index contributed by atoms with van der Waals surface area (Å²) in [5.74, 6) is 1.73. The number of nitrogens with one attached hydrogen (secondary N) is 1. The molecule has 4 rings (SSSR count). The lowest BCUT2D eigenvalue weighted by Crippen LogP contribution is -2.45. The lowest BCUT2D eigenvalue weighted by Gasteiger charge is -2.37. The number of rotatable bonds is 4. The lowest BCUT2D eigenvalue weighted by atomic mass is 10.0. The molecule has 0 saturated carbocycles. The Kier molecular flexibility index (Phi) is 5.10. The summed E-state index contributed by atoms with van der Waals surface area (Å²) in [4.78, 5) is 8.08. The summed E-state index contributed by atoms with van der Waals surface area (Å²) in [5, 5.41) is 3.51. The quantitative estimate of drug-likeness (QED) is 0.849. The van der Waals surface area contributed by atoms with E-state index in [0.29, 0.717) is 19.3 Å². The molecule has 2 aliphatic rings. The zero-order valence-corrected chi connectivity index (χ0v) is 15.2. The minimum absolute atomic E-state index is 0.338. The van der Waals surface area contributed by atoms with Gasteiger partial charge in [-0.25, -0.2) is 0 Å². The Morgan fingerprint density at radius 2 is 2.12 bits per heavy atom. The van der Waals surface area contributed by atoms with Crippen molar-refractivity contribution < 1.29 is 9.47 Å². The van der Waals surface area contributed by atoms with E-state index in [2.05, 4.69) is 39.7 Å². The highest BCUT2D eigenvalue weighted by molar-refractivity contribution is 7.98. The zero-order chi connectivity index (χ0) is 17.1. The van der Waals surface area contributed by atoms with E-state index in [-0.39, 0.29) is 0 Å². The number of ether oxygens (including phenoxy) is 2. The molecule has 1 N–H and O–H groups in total. The maximum Gasteiger partial charge on any atom is 0.162 e. The highest BCUT2D eigenvalue weighted by Gasteiger charge is 2.25. The molecule has 1 aromatic heterocycles. The largest absolute Gasteiger partial charge is 0.486 e. The number of nitrogens with zero attached hydrogens (tertiary/aromatic N) is 2. The van der Waals surface area contributed by atoms with Gasteiger partial charge in [-0.15, -0.1) is 11.8 Å². The van der Waals surface area contributed by atoms with E-state index in [1.54, 1.807) is 11.8 Å². The molecule has 6 heteroatoms. The van der Waals surface area contributed by atoms with Crippen molar-refractivity contribution in [3.8, 4) is 11.5 Å². The van der Waals surface area contributed by atoms with Crippen LogP contribution >= 0.6 is 11.8 Å². The van der Waals surface area contributed by atoms with Crippen LogP contribution in [0.5, 0.6) is 11.5 Å². The van der Waals surface area contributed by atoms with Crippen molar-refractivity contribution in [1.29, 1.82) is 0 Å². The van der Waals surface area contributed by atoms with Gasteiger partial charge in [-0.3, -0.25) is 9.88 Å². The highest BCUT2D eigenvalue weighted by Crippen LogP contribution is 2.38. The van der Waals surface area contributed by atoms with Crippen molar-refractivity contribution in [2.75, 3.05) is 39.1 Å². The summed E-state index contributed by atoms with van der Waals surface area (Å²) in [7, 11) is 0. The van der Waals surface area contributed by atoms with Crippen molar-refractivity contribution in [1.82, 2.24) is 15.2 Å². The molecule has 1 saturated heterocycles. The lowest BCUT2D eigenvalue weighted by molar-refractivity contribution is 0.150. The summed E-state index contributed by atoms with van der Waals surface area (Å²) in [6.07, 6.45) is 5.92. The van der Waals surface area contributed by atoms with E-state index in [0.717, 1.165) is 37.7 Å². The Morgan fingerprint density at radius 1 is 1.28 bits per heavy atom. The van der Waals surface area contributed by atoms with E-state index in [9.17, 15) is 0 Å². The van der Waals surface area contributed by atoms with E-state index in [1.807, 2.05) is 18.5 Å². The second kappa shape index (κ2) is 7.64. The molecule has 0 amide bonds. The van der Waals surface area contributed by atoms with Crippen LogP contribution in [0.25, 0.3) is 0 Å². The van der Waals surface area contributed by atoms with E-state index >= 15 is 0 Å². The van der Waals surface area contributed by atoms with Gasteiger partial charge in [-0.1, -0.05) is 6.07 Å². The number of piperazine rings is 1. The minimum atomic E-state index is 0.338. The molecule has 3 heterocycles. The standard InChI is InChI=1S/C19H23N3O2S/c1-25-19-10-18-17(23-7-8-24-18)9-15(19)13-22-6-5-21-12-16(22)14-3-2-4-20-11-14/h2-4,9-11,16,21H,5-8,12-13H2,1H3. The van der Waals surface area contributed by atoms with Gasteiger partial charge in [0.2, 0.25) is 0 Å². The number of hydrogen-bond donors (Lipinski definition) is 1. The van der Waals surface area contributed by atoms with Crippen LogP contribution < -0.4 is 14.8 Å². The van der Waals surface area contributed by atoms with Gasteiger partial charge in [0, 0.05) is 49.5 Å². The molecule has 5 nitrogen and oxygen atoms in total. The topological polar surface area (TPSA) is 46.6 Å². The molecule has 0 aliphatic carbocycles. The molecular formula is C19H23N3O2S. The summed E-state index contributed by atoms with van der Waals surface area (Å²) in [6.45, 7) is 5.12. The third-order valence-corrected chi connectivity index (χ3v) is 5.56. The predicted molar refractivity (Wildman–Crippen MR) is 99.5 cm³/mol. The first-order valence-corrected chi connectivity index (χ1v) is 9.89. The van der Waals surface area contributed by atoms with Gasteiger partial charge >= 0.3 is 0 Å². The van der Waals surface area contributed by atoms with Crippen LogP contribution in [-0.2, 0) is 6.54 Å². The molecule has 132 valence electrons. The fraction of sp³-hybridized carbons (Fsp3) is 0.421. The molecule has 25 heavy (non-hydrogen) atoms. The molecule has 2 aliphatic heterocycles. The second-order valence-corrected chi connectivity index (χ2v) is 7.13. The van der Waals surface area contributed by atoms with Gasteiger partial charge in [-0.2, -0.15) is 0 Å². The maximum atomic E-state index is 5.79. The maximum absolute atomic E-state index is 5.79. The number of pyridine rings is 1. The first kappa shape index (κ1) is 16.7. The monoisotopic (exact) mass is 357 g/mol. The second-order valence-electron chi connectivity index (χ2n) is 6.28. The Hall–Kier alpha value is -1.76. The van der Waals surface area contributed by atoms with Gasteiger partial charge in [-0.05, 0) is 35.6 Å². The third-order valence-electron chi connectivity index (χ3n) is 4.74. The zero-order valence-electron chi connectivity index (χ0n) is 14.4. The Bertz CT molecular complexity index is 726. The van der Waals surface area contributed by atoms with Gasteiger partial charge in [0.1, 0.15) is 13.2 Å².